The molecule has 1 fully saturated rings. The molecule has 0 saturated heterocycles. The lowest BCUT2D eigenvalue weighted by atomic mass is 9.86. The number of rotatable bonds is 3. The second-order valence-corrected chi connectivity index (χ2v) is 4.46. The van der Waals surface area contributed by atoms with Gasteiger partial charge in [-0.05, 0) is 18.9 Å². The van der Waals surface area contributed by atoms with E-state index >= 15 is 0 Å². The molecule has 16 heavy (non-hydrogen) atoms. The molecule has 2 N–H and O–H groups in total. The van der Waals surface area contributed by atoms with Gasteiger partial charge in [0.05, 0.1) is 13.3 Å². The zero-order valence-corrected chi connectivity index (χ0v) is 9.91. The van der Waals surface area contributed by atoms with Gasteiger partial charge in [-0.1, -0.05) is 19.3 Å². The van der Waals surface area contributed by atoms with Crippen molar-refractivity contribution in [3.05, 3.63) is 23.5 Å². The molecule has 1 aromatic rings. The number of hydrogen-bond donors (Lipinski definition) is 1. The number of aromatic nitrogens is 1. The normalized spacial score (nSPS) is 17.4. The Labute approximate surface area is 97.0 Å². The van der Waals surface area contributed by atoms with Gasteiger partial charge in [-0.2, -0.15) is 0 Å². The summed E-state index contributed by atoms with van der Waals surface area (Å²) in [6.45, 7) is 0.519. The van der Waals surface area contributed by atoms with Crippen LogP contribution in [0.2, 0.25) is 0 Å². The Hall–Kier alpha value is -1.09. The number of methoxy groups -OCH3 is 1. The van der Waals surface area contributed by atoms with Crippen LogP contribution >= 0.6 is 0 Å². The van der Waals surface area contributed by atoms with Crippen molar-refractivity contribution in [3.63, 3.8) is 0 Å². The number of nitrogens with two attached hydrogens (primary N) is 1. The highest BCUT2D eigenvalue weighted by atomic mass is 16.5. The lowest BCUT2D eigenvalue weighted by Gasteiger charge is -2.21. The van der Waals surface area contributed by atoms with Crippen molar-refractivity contribution in [2.24, 2.45) is 5.73 Å². The van der Waals surface area contributed by atoms with Crippen LogP contribution in [0, 0.1) is 0 Å². The van der Waals surface area contributed by atoms with Crippen LogP contribution in [0.25, 0.3) is 0 Å². The van der Waals surface area contributed by atoms with Crippen molar-refractivity contribution < 1.29 is 4.74 Å². The zero-order chi connectivity index (χ0) is 11.4. The van der Waals surface area contributed by atoms with Crippen LogP contribution in [0.1, 0.15) is 49.3 Å². The average Bonchev–Trinajstić information content (AvgIpc) is 2.39. The molecule has 0 amide bonds. The van der Waals surface area contributed by atoms with E-state index in [2.05, 4.69) is 11.1 Å². The SMILES string of the molecule is COc1cnc(C2CCCCC2)cc1CN. The van der Waals surface area contributed by atoms with Crippen molar-refractivity contribution in [3.8, 4) is 5.75 Å². The molecule has 0 aromatic carbocycles. The highest BCUT2D eigenvalue weighted by Crippen LogP contribution is 2.32. The summed E-state index contributed by atoms with van der Waals surface area (Å²) in [4.78, 5) is 4.50. The number of pyridine rings is 1. The van der Waals surface area contributed by atoms with Crippen LogP contribution in [0.4, 0.5) is 0 Å². The molecule has 0 unspecified atom stereocenters. The third-order valence-electron chi connectivity index (χ3n) is 3.43. The number of nitrogens with zero attached hydrogens (tertiary/aromatic N) is 1. The summed E-state index contributed by atoms with van der Waals surface area (Å²) in [6.07, 6.45) is 8.38. The van der Waals surface area contributed by atoms with Gasteiger partial charge >= 0.3 is 0 Å². The fourth-order valence-corrected chi connectivity index (χ4v) is 2.47. The molecule has 1 saturated carbocycles. The predicted molar refractivity (Wildman–Crippen MR) is 64.5 cm³/mol. The molecule has 0 atom stereocenters. The van der Waals surface area contributed by atoms with Crippen LogP contribution < -0.4 is 10.5 Å². The van der Waals surface area contributed by atoms with Gasteiger partial charge in [0.25, 0.3) is 0 Å². The summed E-state index contributed by atoms with van der Waals surface area (Å²) in [5.74, 6) is 1.44. The van der Waals surface area contributed by atoms with Crippen LogP contribution in [0.15, 0.2) is 12.3 Å². The maximum absolute atomic E-state index is 5.72. The first-order valence-electron chi connectivity index (χ1n) is 6.08. The smallest absolute Gasteiger partial charge is 0.141 e. The first-order valence-corrected chi connectivity index (χ1v) is 6.08. The summed E-state index contributed by atoms with van der Waals surface area (Å²) in [6, 6.07) is 2.12. The number of hydrogen-bond acceptors (Lipinski definition) is 3. The maximum atomic E-state index is 5.72. The van der Waals surface area contributed by atoms with Crippen LogP contribution in [-0.2, 0) is 6.54 Å². The van der Waals surface area contributed by atoms with Crippen molar-refractivity contribution in [1.29, 1.82) is 0 Å². The van der Waals surface area contributed by atoms with E-state index in [1.54, 1.807) is 7.11 Å². The lowest BCUT2D eigenvalue weighted by molar-refractivity contribution is 0.403. The summed E-state index contributed by atoms with van der Waals surface area (Å²) in [5, 5.41) is 0. The Morgan fingerprint density at radius 2 is 2.12 bits per heavy atom. The summed E-state index contributed by atoms with van der Waals surface area (Å²) in [7, 11) is 1.66. The second kappa shape index (κ2) is 5.30. The highest BCUT2D eigenvalue weighted by Gasteiger charge is 2.17. The van der Waals surface area contributed by atoms with Gasteiger partial charge < -0.3 is 10.5 Å². The molecular formula is C13H20N2O. The minimum Gasteiger partial charge on any atom is -0.495 e. The molecule has 1 aliphatic rings. The standard InChI is InChI=1S/C13H20N2O/c1-16-13-9-15-12(7-11(13)8-14)10-5-3-2-4-6-10/h7,9-10H,2-6,8,14H2,1H3. The number of ether oxygens (including phenoxy) is 1. The third-order valence-corrected chi connectivity index (χ3v) is 3.43. The van der Waals surface area contributed by atoms with Crippen LogP contribution in [0.3, 0.4) is 0 Å². The van der Waals surface area contributed by atoms with Crippen molar-refractivity contribution >= 4 is 0 Å². The molecule has 3 nitrogen and oxygen atoms in total. The molecule has 0 bridgehead atoms. The van der Waals surface area contributed by atoms with E-state index in [0.717, 1.165) is 11.3 Å². The van der Waals surface area contributed by atoms with Gasteiger partial charge in [0.1, 0.15) is 5.75 Å². The van der Waals surface area contributed by atoms with Gasteiger partial charge in [-0.15, -0.1) is 0 Å². The Balaban J connectivity index is 2.20. The summed E-state index contributed by atoms with van der Waals surface area (Å²) < 4.78 is 5.24. The van der Waals surface area contributed by atoms with E-state index in [0.29, 0.717) is 12.5 Å². The van der Waals surface area contributed by atoms with E-state index in [-0.39, 0.29) is 0 Å². The Bertz CT molecular complexity index is 346. The molecule has 2 rings (SSSR count). The molecule has 88 valence electrons. The zero-order valence-electron chi connectivity index (χ0n) is 9.91. The summed E-state index contributed by atoms with van der Waals surface area (Å²) >= 11 is 0. The minimum atomic E-state index is 0.519. The average molecular weight is 220 g/mol. The van der Waals surface area contributed by atoms with E-state index in [4.69, 9.17) is 10.5 Å². The molecule has 3 heteroatoms. The van der Waals surface area contributed by atoms with Gasteiger partial charge in [0.2, 0.25) is 0 Å². The fraction of sp³-hybridized carbons (Fsp3) is 0.615. The van der Waals surface area contributed by atoms with Crippen molar-refractivity contribution in [2.45, 2.75) is 44.6 Å². The first-order chi connectivity index (χ1) is 7.85. The van der Waals surface area contributed by atoms with Crippen LogP contribution in [-0.4, -0.2) is 12.1 Å². The molecule has 1 aliphatic carbocycles. The van der Waals surface area contributed by atoms with Gasteiger partial charge in [0.15, 0.2) is 0 Å². The topological polar surface area (TPSA) is 48.1 Å². The quantitative estimate of drug-likeness (QED) is 0.851. The van der Waals surface area contributed by atoms with Gasteiger partial charge in [0, 0.05) is 23.7 Å². The minimum absolute atomic E-state index is 0.519. The van der Waals surface area contributed by atoms with Crippen molar-refractivity contribution in [2.75, 3.05) is 7.11 Å². The molecule has 0 spiro atoms. The predicted octanol–water partition coefficient (Wildman–Crippen LogP) is 2.60. The van der Waals surface area contributed by atoms with E-state index in [1.165, 1.54) is 37.8 Å². The highest BCUT2D eigenvalue weighted by molar-refractivity contribution is 5.33. The van der Waals surface area contributed by atoms with Gasteiger partial charge in [-0.25, -0.2) is 0 Å². The van der Waals surface area contributed by atoms with Crippen molar-refractivity contribution in [1.82, 2.24) is 4.98 Å². The molecule has 1 aromatic heterocycles. The third kappa shape index (κ3) is 2.35. The fourth-order valence-electron chi connectivity index (χ4n) is 2.47. The first kappa shape index (κ1) is 11.4. The second-order valence-electron chi connectivity index (χ2n) is 4.46. The van der Waals surface area contributed by atoms with E-state index < -0.39 is 0 Å². The van der Waals surface area contributed by atoms with E-state index in [1.807, 2.05) is 6.20 Å². The van der Waals surface area contributed by atoms with Crippen LogP contribution in [0.5, 0.6) is 5.75 Å². The largest absolute Gasteiger partial charge is 0.495 e. The molecule has 0 aliphatic heterocycles. The Kier molecular flexibility index (Phi) is 3.78. The molecule has 0 radical (unpaired) electrons. The van der Waals surface area contributed by atoms with E-state index in [9.17, 15) is 0 Å². The molecular weight excluding hydrogens is 200 g/mol. The molecule has 1 heterocycles. The lowest BCUT2D eigenvalue weighted by Crippen LogP contribution is -2.09. The Morgan fingerprint density at radius 1 is 1.38 bits per heavy atom. The summed E-state index contributed by atoms with van der Waals surface area (Å²) in [5.41, 5.74) is 7.98. The monoisotopic (exact) mass is 220 g/mol. The maximum Gasteiger partial charge on any atom is 0.141 e. The Morgan fingerprint density at radius 3 is 2.75 bits per heavy atom. The van der Waals surface area contributed by atoms with Gasteiger partial charge in [-0.3, -0.25) is 4.98 Å².